The van der Waals surface area contributed by atoms with Crippen molar-refractivity contribution in [3.05, 3.63) is 0 Å². The van der Waals surface area contributed by atoms with Gasteiger partial charge in [0.15, 0.2) is 0 Å². The zero-order chi connectivity index (χ0) is 15.2. The van der Waals surface area contributed by atoms with Crippen molar-refractivity contribution < 1.29 is 0 Å². The van der Waals surface area contributed by atoms with Gasteiger partial charge >= 0.3 is 0 Å². The molecule has 3 nitrogen and oxygen atoms in total. The molecule has 20 heavy (non-hydrogen) atoms. The van der Waals surface area contributed by atoms with Crippen LogP contribution in [0.5, 0.6) is 0 Å². The lowest BCUT2D eigenvalue weighted by Crippen LogP contribution is -2.48. The second kappa shape index (κ2) is 7.43. The molecule has 0 amide bonds. The molecule has 1 aliphatic rings. The van der Waals surface area contributed by atoms with Gasteiger partial charge in [-0.05, 0) is 64.5 Å². The van der Waals surface area contributed by atoms with Gasteiger partial charge in [0.05, 0.1) is 6.07 Å². The van der Waals surface area contributed by atoms with Crippen LogP contribution in [-0.4, -0.2) is 36.1 Å². The minimum absolute atomic E-state index is 0.334. The van der Waals surface area contributed by atoms with Crippen molar-refractivity contribution in [2.75, 3.05) is 19.6 Å². The Balaban J connectivity index is 2.43. The van der Waals surface area contributed by atoms with Gasteiger partial charge in [-0.15, -0.1) is 0 Å². The molecule has 0 saturated carbocycles. The Labute approximate surface area is 125 Å². The van der Waals surface area contributed by atoms with Gasteiger partial charge in [0.2, 0.25) is 0 Å². The molecule has 0 aliphatic carbocycles. The van der Waals surface area contributed by atoms with E-state index in [1.54, 1.807) is 0 Å². The van der Waals surface area contributed by atoms with Crippen LogP contribution in [0.25, 0.3) is 0 Å². The number of nitrogens with zero attached hydrogens (tertiary/aromatic N) is 2. The maximum Gasteiger partial charge on any atom is 0.106 e. The van der Waals surface area contributed by atoms with Gasteiger partial charge in [-0.3, -0.25) is 5.32 Å². The second-order valence-electron chi connectivity index (χ2n) is 7.49. The first-order valence-corrected chi connectivity index (χ1v) is 8.24. The van der Waals surface area contributed by atoms with Crippen molar-refractivity contribution in [3.8, 4) is 6.07 Å². The molecule has 0 bridgehead atoms. The van der Waals surface area contributed by atoms with Crippen molar-refractivity contribution in [2.24, 2.45) is 5.41 Å². The van der Waals surface area contributed by atoms with Gasteiger partial charge in [0, 0.05) is 12.6 Å². The summed E-state index contributed by atoms with van der Waals surface area (Å²) in [6.07, 6.45) is 5.60. The van der Waals surface area contributed by atoms with E-state index < -0.39 is 0 Å². The molecule has 0 spiro atoms. The van der Waals surface area contributed by atoms with Gasteiger partial charge in [-0.1, -0.05) is 20.8 Å². The molecular weight excluding hydrogens is 246 g/mol. The highest BCUT2D eigenvalue weighted by Gasteiger charge is 2.29. The van der Waals surface area contributed by atoms with Gasteiger partial charge in [0.1, 0.15) is 5.54 Å². The fourth-order valence-corrected chi connectivity index (χ4v) is 3.41. The summed E-state index contributed by atoms with van der Waals surface area (Å²) >= 11 is 0. The summed E-state index contributed by atoms with van der Waals surface area (Å²) in [6, 6.07) is 2.89. The van der Waals surface area contributed by atoms with E-state index in [1.165, 1.54) is 25.9 Å². The van der Waals surface area contributed by atoms with Crippen LogP contribution in [0.3, 0.4) is 0 Å². The Hall–Kier alpha value is -0.590. The number of nitriles is 1. The maximum atomic E-state index is 9.52. The van der Waals surface area contributed by atoms with Crippen LogP contribution < -0.4 is 5.32 Å². The van der Waals surface area contributed by atoms with Crippen molar-refractivity contribution >= 4 is 0 Å². The molecule has 0 aromatic carbocycles. The maximum absolute atomic E-state index is 9.52. The Kier molecular flexibility index (Phi) is 6.48. The highest BCUT2D eigenvalue weighted by molar-refractivity contribution is 5.06. The number of likely N-dealkylation sites (tertiary alicyclic amines) is 1. The average molecular weight is 279 g/mol. The predicted octanol–water partition coefficient (Wildman–Crippen LogP) is 3.56. The summed E-state index contributed by atoms with van der Waals surface area (Å²) < 4.78 is 0. The fraction of sp³-hybridized carbons (Fsp3) is 0.941. The molecule has 1 atom stereocenters. The number of hydrogen-bond donors (Lipinski definition) is 1. The van der Waals surface area contributed by atoms with E-state index in [4.69, 9.17) is 0 Å². The third-order valence-electron chi connectivity index (χ3n) is 4.44. The van der Waals surface area contributed by atoms with Crippen molar-refractivity contribution in [1.29, 1.82) is 5.26 Å². The van der Waals surface area contributed by atoms with Crippen LogP contribution in [-0.2, 0) is 0 Å². The van der Waals surface area contributed by atoms with Gasteiger partial charge in [-0.2, -0.15) is 5.26 Å². The Morgan fingerprint density at radius 3 is 2.60 bits per heavy atom. The van der Waals surface area contributed by atoms with Crippen LogP contribution in [0.2, 0.25) is 0 Å². The largest absolute Gasteiger partial charge is 0.303 e. The van der Waals surface area contributed by atoms with Crippen LogP contribution >= 0.6 is 0 Å². The average Bonchev–Trinajstić information content (AvgIpc) is 2.36. The number of piperidine rings is 1. The molecule has 1 heterocycles. The molecule has 1 unspecified atom stereocenters. The molecule has 0 aromatic rings. The molecule has 1 N–H and O–H groups in total. The van der Waals surface area contributed by atoms with E-state index >= 15 is 0 Å². The quantitative estimate of drug-likeness (QED) is 0.774. The van der Waals surface area contributed by atoms with Crippen LogP contribution in [0.1, 0.15) is 66.7 Å². The lowest BCUT2D eigenvalue weighted by Gasteiger charge is -2.38. The Bertz CT molecular complexity index is 330. The van der Waals surface area contributed by atoms with E-state index in [9.17, 15) is 5.26 Å². The normalized spacial score (nSPS) is 22.4. The smallest absolute Gasteiger partial charge is 0.106 e. The van der Waals surface area contributed by atoms with Crippen molar-refractivity contribution in [3.63, 3.8) is 0 Å². The van der Waals surface area contributed by atoms with Crippen molar-refractivity contribution in [2.45, 2.75) is 78.3 Å². The number of rotatable bonds is 7. The second-order valence-corrected chi connectivity index (χ2v) is 7.49. The molecule has 1 saturated heterocycles. The molecule has 1 rings (SSSR count). The van der Waals surface area contributed by atoms with Crippen LogP contribution in [0, 0.1) is 16.7 Å². The number of nitrogens with one attached hydrogen (secondary N) is 1. The molecule has 1 aliphatic heterocycles. The zero-order valence-corrected chi connectivity index (χ0v) is 14.1. The lowest BCUT2D eigenvalue weighted by atomic mass is 9.84. The Morgan fingerprint density at radius 1 is 1.40 bits per heavy atom. The molecule has 3 heteroatoms. The number of hydrogen-bond acceptors (Lipinski definition) is 3. The first kappa shape index (κ1) is 17.5. The molecular formula is C17H33N3. The SMILES string of the molecule is CCC(C#N)(CCCN1CCCC(C)(C)C1)NC(C)C. The van der Waals surface area contributed by atoms with E-state index in [2.05, 4.69) is 50.9 Å². The predicted molar refractivity (Wildman–Crippen MR) is 85.6 cm³/mol. The van der Waals surface area contributed by atoms with E-state index in [0.717, 1.165) is 25.8 Å². The Morgan fingerprint density at radius 2 is 2.10 bits per heavy atom. The van der Waals surface area contributed by atoms with Gasteiger partial charge in [-0.25, -0.2) is 0 Å². The third kappa shape index (κ3) is 5.42. The summed E-state index contributed by atoms with van der Waals surface area (Å²) in [5.74, 6) is 0. The van der Waals surface area contributed by atoms with Gasteiger partial charge in [0.25, 0.3) is 0 Å². The summed E-state index contributed by atoms with van der Waals surface area (Å²) in [5, 5.41) is 13.0. The van der Waals surface area contributed by atoms with Crippen molar-refractivity contribution in [1.82, 2.24) is 10.2 Å². The fourth-order valence-electron chi connectivity index (χ4n) is 3.41. The summed E-state index contributed by atoms with van der Waals surface area (Å²) in [4.78, 5) is 2.58. The van der Waals surface area contributed by atoms with E-state index in [-0.39, 0.29) is 5.54 Å². The first-order valence-electron chi connectivity index (χ1n) is 8.24. The van der Waals surface area contributed by atoms with Gasteiger partial charge < -0.3 is 4.90 Å². The molecule has 1 fully saturated rings. The lowest BCUT2D eigenvalue weighted by molar-refractivity contribution is 0.113. The standard InChI is InChI=1S/C17H33N3/c1-6-17(13-18,19-15(2)3)10-8-12-20-11-7-9-16(4,5)14-20/h15,19H,6-12,14H2,1-5H3. The third-order valence-corrected chi connectivity index (χ3v) is 4.44. The van der Waals surface area contributed by atoms with E-state index in [1.807, 2.05) is 0 Å². The highest BCUT2D eigenvalue weighted by Crippen LogP contribution is 2.28. The summed E-state index contributed by atoms with van der Waals surface area (Å²) in [5.41, 5.74) is 0.130. The molecule has 0 aromatic heterocycles. The van der Waals surface area contributed by atoms with E-state index in [0.29, 0.717) is 11.5 Å². The zero-order valence-electron chi connectivity index (χ0n) is 14.1. The molecule has 0 radical (unpaired) electrons. The summed E-state index contributed by atoms with van der Waals surface area (Å²) in [7, 11) is 0. The summed E-state index contributed by atoms with van der Waals surface area (Å²) in [6.45, 7) is 14.7. The minimum Gasteiger partial charge on any atom is -0.303 e. The minimum atomic E-state index is -0.334. The molecule has 116 valence electrons. The first-order chi connectivity index (χ1) is 9.32. The monoisotopic (exact) mass is 279 g/mol. The topological polar surface area (TPSA) is 39.1 Å². The van der Waals surface area contributed by atoms with Crippen LogP contribution in [0.15, 0.2) is 0 Å². The highest BCUT2D eigenvalue weighted by atomic mass is 15.1. The van der Waals surface area contributed by atoms with Crippen LogP contribution in [0.4, 0.5) is 0 Å².